The van der Waals surface area contributed by atoms with Crippen LogP contribution >= 0.6 is 0 Å². The van der Waals surface area contributed by atoms with E-state index in [0.717, 1.165) is 43.3 Å². The topological polar surface area (TPSA) is 53.5 Å². The van der Waals surface area contributed by atoms with Crippen LogP contribution in [-0.4, -0.2) is 34.8 Å². The molecule has 1 fully saturated rings. The summed E-state index contributed by atoms with van der Waals surface area (Å²) in [5.41, 5.74) is 1.44. The third-order valence-electron chi connectivity index (χ3n) is 4.21. The minimum Gasteiger partial charge on any atom is -0.289 e. The van der Waals surface area contributed by atoms with Gasteiger partial charge in [0.2, 0.25) is 5.78 Å². The Labute approximate surface area is 135 Å². The van der Waals surface area contributed by atoms with Crippen molar-refractivity contribution >= 4 is 28.3 Å². The lowest BCUT2D eigenvalue weighted by molar-refractivity contribution is -0.138. The number of fused-ring (bicyclic) bond motifs is 1. The molecule has 0 N–H and O–H groups in total. The highest BCUT2D eigenvalue weighted by Crippen LogP contribution is 2.28. The molecule has 23 heavy (non-hydrogen) atoms. The van der Waals surface area contributed by atoms with E-state index >= 15 is 0 Å². The number of pyridine rings is 1. The normalized spacial score (nSPS) is 15.5. The van der Waals surface area contributed by atoms with Gasteiger partial charge in [0.25, 0.3) is 0 Å². The number of piperidine rings is 1. The number of rotatable bonds is 4. The van der Waals surface area contributed by atoms with Crippen molar-refractivity contribution in [1.29, 1.82) is 0 Å². The SMILES string of the molecule is CCC(=O)C(=O)N(c1cccc2cccnc12)N1CCCCC1. The fraction of sp³-hybridized carbons (Fsp3) is 0.389. The summed E-state index contributed by atoms with van der Waals surface area (Å²) in [7, 11) is 0. The molecular formula is C18H21N3O2. The highest BCUT2D eigenvalue weighted by molar-refractivity contribution is 6.41. The number of ketones is 1. The maximum Gasteiger partial charge on any atom is 0.308 e. The molecule has 2 aromatic rings. The fourth-order valence-electron chi connectivity index (χ4n) is 3.00. The van der Waals surface area contributed by atoms with Gasteiger partial charge in [0.05, 0.1) is 11.2 Å². The van der Waals surface area contributed by atoms with Crippen molar-refractivity contribution in [3.8, 4) is 0 Å². The number of hydrogen-bond donors (Lipinski definition) is 0. The first-order valence-electron chi connectivity index (χ1n) is 8.18. The van der Waals surface area contributed by atoms with Crippen LogP contribution in [0, 0.1) is 0 Å². The van der Waals surface area contributed by atoms with Gasteiger partial charge in [0.15, 0.2) is 0 Å². The average Bonchev–Trinajstić information content (AvgIpc) is 2.62. The maximum absolute atomic E-state index is 12.7. The van der Waals surface area contributed by atoms with Crippen molar-refractivity contribution < 1.29 is 9.59 Å². The maximum atomic E-state index is 12.7. The molecule has 0 atom stereocenters. The van der Waals surface area contributed by atoms with E-state index in [4.69, 9.17) is 0 Å². The van der Waals surface area contributed by atoms with Gasteiger partial charge in [-0.05, 0) is 25.0 Å². The first-order valence-corrected chi connectivity index (χ1v) is 8.18. The molecule has 5 heteroatoms. The van der Waals surface area contributed by atoms with Crippen LogP contribution in [-0.2, 0) is 9.59 Å². The Bertz CT molecular complexity index is 718. The molecule has 1 aliphatic rings. The van der Waals surface area contributed by atoms with Crippen molar-refractivity contribution in [2.75, 3.05) is 18.1 Å². The van der Waals surface area contributed by atoms with Gasteiger partial charge in [-0.2, -0.15) is 0 Å². The Morgan fingerprint density at radius 3 is 2.61 bits per heavy atom. The lowest BCUT2D eigenvalue weighted by Gasteiger charge is -2.37. The van der Waals surface area contributed by atoms with Gasteiger partial charge in [0.1, 0.15) is 0 Å². The van der Waals surface area contributed by atoms with Gasteiger partial charge in [-0.1, -0.05) is 31.5 Å². The van der Waals surface area contributed by atoms with Crippen molar-refractivity contribution in [2.24, 2.45) is 0 Å². The third kappa shape index (κ3) is 3.10. The van der Waals surface area contributed by atoms with Crippen molar-refractivity contribution in [3.05, 3.63) is 36.5 Å². The summed E-state index contributed by atoms with van der Waals surface area (Å²) in [5.74, 6) is -0.837. The number of carbonyl (C=O) groups is 2. The van der Waals surface area contributed by atoms with Crippen molar-refractivity contribution in [2.45, 2.75) is 32.6 Å². The number of amides is 1. The second kappa shape index (κ2) is 6.87. The van der Waals surface area contributed by atoms with E-state index in [-0.39, 0.29) is 12.2 Å². The van der Waals surface area contributed by atoms with Gasteiger partial charge in [0, 0.05) is 31.1 Å². The van der Waals surface area contributed by atoms with Gasteiger partial charge in [-0.3, -0.25) is 14.6 Å². The van der Waals surface area contributed by atoms with Crippen LogP contribution in [0.1, 0.15) is 32.6 Å². The van der Waals surface area contributed by atoms with Crippen molar-refractivity contribution in [1.82, 2.24) is 9.99 Å². The highest BCUT2D eigenvalue weighted by atomic mass is 16.2. The molecule has 0 unspecified atom stereocenters. The Balaban J connectivity index is 2.09. The molecular weight excluding hydrogens is 290 g/mol. The highest BCUT2D eigenvalue weighted by Gasteiger charge is 2.30. The van der Waals surface area contributed by atoms with Crippen LogP contribution < -0.4 is 5.01 Å². The molecule has 0 saturated carbocycles. The van der Waals surface area contributed by atoms with E-state index in [9.17, 15) is 9.59 Å². The molecule has 0 radical (unpaired) electrons. The lowest BCUT2D eigenvalue weighted by atomic mass is 10.1. The minimum absolute atomic E-state index is 0.210. The smallest absolute Gasteiger partial charge is 0.289 e. The van der Waals surface area contributed by atoms with E-state index in [2.05, 4.69) is 4.98 Å². The number of Topliss-reactive ketones (excluding diaryl/α,β-unsaturated/α-hetero) is 1. The van der Waals surface area contributed by atoms with E-state index in [1.165, 1.54) is 0 Å². The van der Waals surface area contributed by atoms with Crippen LogP contribution in [0.4, 0.5) is 5.69 Å². The average molecular weight is 311 g/mol. The summed E-state index contributed by atoms with van der Waals surface area (Å²) in [5, 5.41) is 4.51. The molecule has 2 heterocycles. The van der Waals surface area contributed by atoms with Gasteiger partial charge in [-0.25, -0.2) is 10.0 Å². The number of benzene rings is 1. The molecule has 3 rings (SSSR count). The fourth-order valence-corrected chi connectivity index (χ4v) is 3.00. The van der Waals surface area contributed by atoms with Gasteiger partial charge < -0.3 is 0 Å². The number of hydrazine groups is 1. The molecule has 1 saturated heterocycles. The zero-order chi connectivity index (χ0) is 16.2. The molecule has 5 nitrogen and oxygen atoms in total. The van der Waals surface area contributed by atoms with Crippen LogP contribution in [0.25, 0.3) is 10.9 Å². The van der Waals surface area contributed by atoms with E-state index < -0.39 is 5.91 Å². The summed E-state index contributed by atoms with van der Waals surface area (Å²) in [4.78, 5) is 29.2. The third-order valence-corrected chi connectivity index (χ3v) is 4.21. The predicted octanol–water partition coefficient (Wildman–Crippen LogP) is 2.95. The quantitative estimate of drug-likeness (QED) is 0.815. The lowest BCUT2D eigenvalue weighted by Crippen LogP contribution is -2.51. The number of para-hydroxylation sites is 1. The van der Waals surface area contributed by atoms with E-state index in [0.29, 0.717) is 5.69 Å². The summed E-state index contributed by atoms with van der Waals surface area (Å²) in [6.45, 7) is 3.29. The van der Waals surface area contributed by atoms with Crippen LogP contribution in [0.3, 0.4) is 0 Å². The zero-order valence-corrected chi connectivity index (χ0v) is 13.4. The summed E-state index contributed by atoms with van der Waals surface area (Å²) < 4.78 is 0. The monoisotopic (exact) mass is 311 g/mol. The Hall–Kier alpha value is -2.27. The number of hydrogen-bond acceptors (Lipinski definition) is 4. The molecule has 0 bridgehead atoms. The molecule has 1 aromatic heterocycles. The molecule has 0 aliphatic carbocycles. The Morgan fingerprint density at radius 2 is 1.87 bits per heavy atom. The first-order chi connectivity index (χ1) is 11.2. The van der Waals surface area contributed by atoms with Crippen molar-refractivity contribution in [3.63, 3.8) is 0 Å². The summed E-state index contributed by atoms with van der Waals surface area (Å²) in [6, 6.07) is 9.57. The zero-order valence-electron chi connectivity index (χ0n) is 13.4. The Kier molecular flexibility index (Phi) is 4.67. The number of carbonyl (C=O) groups excluding carboxylic acids is 2. The molecule has 1 aliphatic heterocycles. The standard InChI is InChI=1S/C18H21N3O2/c1-2-16(22)18(23)21(20-12-4-3-5-13-20)15-10-6-8-14-9-7-11-19-17(14)15/h6-11H,2-5,12-13H2,1H3. The second-order valence-corrected chi connectivity index (χ2v) is 5.76. The molecule has 0 spiro atoms. The van der Waals surface area contributed by atoms with Gasteiger partial charge >= 0.3 is 5.91 Å². The molecule has 120 valence electrons. The number of nitrogens with zero attached hydrogens (tertiary/aromatic N) is 3. The summed E-state index contributed by atoms with van der Waals surface area (Å²) >= 11 is 0. The predicted molar refractivity (Wildman–Crippen MR) is 90.0 cm³/mol. The first kappa shape index (κ1) is 15.6. The largest absolute Gasteiger partial charge is 0.308 e. The van der Waals surface area contributed by atoms with E-state index in [1.54, 1.807) is 18.1 Å². The minimum atomic E-state index is -0.465. The van der Waals surface area contributed by atoms with Crippen LogP contribution in [0.5, 0.6) is 0 Å². The van der Waals surface area contributed by atoms with Crippen LogP contribution in [0.15, 0.2) is 36.5 Å². The second-order valence-electron chi connectivity index (χ2n) is 5.76. The van der Waals surface area contributed by atoms with Crippen LogP contribution in [0.2, 0.25) is 0 Å². The molecule has 1 amide bonds. The number of aromatic nitrogens is 1. The van der Waals surface area contributed by atoms with Gasteiger partial charge in [-0.15, -0.1) is 0 Å². The van der Waals surface area contributed by atoms with E-state index in [1.807, 2.05) is 35.3 Å². The summed E-state index contributed by atoms with van der Waals surface area (Å²) in [6.07, 6.45) is 5.15. The number of anilines is 1. The molecule has 1 aromatic carbocycles. The Morgan fingerprint density at radius 1 is 1.13 bits per heavy atom.